The van der Waals surface area contributed by atoms with Gasteiger partial charge in [0, 0.05) is 5.54 Å². The molecule has 0 fully saturated rings. The first-order chi connectivity index (χ1) is 6.47. The SMILES string of the molecule is C=CC[C@](C)(N)c1ccc(Cl)c(F)c1. The first-order valence-electron chi connectivity index (χ1n) is 4.32. The molecule has 0 aliphatic rings. The second-order valence-corrected chi connectivity index (χ2v) is 3.95. The van der Waals surface area contributed by atoms with E-state index in [4.69, 9.17) is 17.3 Å². The van der Waals surface area contributed by atoms with Crippen molar-refractivity contribution in [2.75, 3.05) is 0 Å². The van der Waals surface area contributed by atoms with Gasteiger partial charge in [-0.2, -0.15) is 0 Å². The smallest absolute Gasteiger partial charge is 0.142 e. The monoisotopic (exact) mass is 213 g/mol. The van der Waals surface area contributed by atoms with Gasteiger partial charge in [0.2, 0.25) is 0 Å². The highest BCUT2D eigenvalue weighted by Crippen LogP contribution is 2.25. The third-order valence-corrected chi connectivity index (χ3v) is 2.45. The summed E-state index contributed by atoms with van der Waals surface area (Å²) in [5.41, 5.74) is 6.12. The zero-order chi connectivity index (χ0) is 10.8. The standard InChI is InChI=1S/C11H13ClFN/c1-3-6-11(2,14)8-4-5-9(12)10(13)7-8/h3-5,7H,1,6,14H2,2H3/t11-/m0/s1. The summed E-state index contributed by atoms with van der Waals surface area (Å²) in [6.45, 7) is 5.44. The zero-order valence-corrected chi connectivity index (χ0v) is 8.81. The molecule has 3 heteroatoms. The van der Waals surface area contributed by atoms with Crippen molar-refractivity contribution < 1.29 is 4.39 Å². The molecule has 0 aromatic heterocycles. The molecular weight excluding hydrogens is 201 g/mol. The highest BCUT2D eigenvalue weighted by atomic mass is 35.5. The van der Waals surface area contributed by atoms with Crippen LogP contribution in [-0.2, 0) is 5.54 Å². The summed E-state index contributed by atoms with van der Waals surface area (Å²) in [5.74, 6) is -0.440. The second-order valence-electron chi connectivity index (χ2n) is 3.54. The van der Waals surface area contributed by atoms with Gasteiger partial charge >= 0.3 is 0 Å². The molecule has 1 aromatic carbocycles. The minimum atomic E-state index is -0.590. The van der Waals surface area contributed by atoms with E-state index in [0.29, 0.717) is 6.42 Å². The fourth-order valence-corrected chi connectivity index (χ4v) is 1.39. The van der Waals surface area contributed by atoms with Crippen molar-refractivity contribution in [2.45, 2.75) is 18.9 Å². The maximum atomic E-state index is 13.1. The van der Waals surface area contributed by atoms with Crippen molar-refractivity contribution in [1.82, 2.24) is 0 Å². The number of hydrogen-bond donors (Lipinski definition) is 1. The predicted molar refractivity (Wildman–Crippen MR) is 57.8 cm³/mol. The van der Waals surface area contributed by atoms with Gasteiger partial charge in [-0.15, -0.1) is 6.58 Å². The van der Waals surface area contributed by atoms with E-state index in [1.165, 1.54) is 12.1 Å². The van der Waals surface area contributed by atoms with Crippen LogP contribution in [-0.4, -0.2) is 0 Å². The molecule has 0 radical (unpaired) electrons. The van der Waals surface area contributed by atoms with E-state index in [1.54, 1.807) is 12.1 Å². The van der Waals surface area contributed by atoms with E-state index >= 15 is 0 Å². The summed E-state index contributed by atoms with van der Waals surface area (Å²) in [5, 5.41) is 0.114. The van der Waals surface area contributed by atoms with Crippen molar-refractivity contribution in [1.29, 1.82) is 0 Å². The maximum absolute atomic E-state index is 13.1. The molecule has 14 heavy (non-hydrogen) atoms. The van der Waals surface area contributed by atoms with Crippen LogP contribution in [0.15, 0.2) is 30.9 Å². The molecule has 1 aromatic rings. The number of rotatable bonds is 3. The molecule has 0 bridgehead atoms. The van der Waals surface area contributed by atoms with Gasteiger partial charge in [0.1, 0.15) is 5.82 Å². The first-order valence-corrected chi connectivity index (χ1v) is 4.70. The summed E-state index contributed by atoms with van der Waals surface area (Å²) in [6.07, 6.45) is 2.31. The summed E-state index contributed by atoms with van der Waals surface area (Å²) < 4.78 is 13.1. The summed E-state index contributed by atoms with van der Waals surface area (Å²) in [4.78, 5) is 0. The van der Waals surface area contributed by atoms with Gasteiger partial charge in [0.25, 0.3) is 0 Å². The van der Waals surface area contributed by atoms with Crippen LogP contribution < -0.4 is 5.73 Å². The highest BCUT2D eigenvalue weighted by Gasteiger charge is 2.20. The molecule has 0 aliphatic heterocycles. The van der Waals surface area contributed by atoms with Gasteiger partial charge in [-0.05, 0) is 31.0 Å². The summed E-state index contributed by atoms with van der Waals surface area (Å²) in [6, 6.07) is 4.61. The Morgan fingerprint density at radius 3 is 2.79 bits per heavy atom. The van der Waals surface area contributed by atoms with E-state index in [-0.39, 0.29) is 5.02 Å². The maximum Gasteiger partial charge on any atom is 0.142 e. The Morgan fingerprint density at radius 1 is 1.64 bits per heavy atom. The Morgan fingerprint density at radius 2 is 2.29 bits per heavy atom. The number of nitrogens with two attached hydrogens (primary N) is 1. The highest BCUT2D eigenvalue weighted by molar-refractivity contribution is 6.30. The molecule has 0 spiro atoms. The number of benzene rings is 1. The van der Waals surface area contributed by atoms with Gasteiger partial charge in [0.15, 0.2) is 0 Å². The molecule has 0 aliphatic carbocycles. The van der Waals surface area contributed by atoms with Gasteiger partial charge < -0.3 is 5.73 Å². The van der Waals surface area contributed by atoms with Gasteiger partial charge in [0.05, 0.1) is 5.02 Å². The average molecular weight is 214 g/mol. The second kappa shape index (κ2) is 4.11. The molecular formula is C11H13ClFN. The minimum absolute atomic E-state index is 0.114. The van der Waals surface area contributed by atoms with E-state index < -0.39 is 11.4 Å². The van der Waals surface area contributed by atoms with Crippen molar-refractivity contribution >= 4 is 11.6 Å². The van der Waals surface area contributed by atoms with E-state index in [2.05, 4.69) is 6.58 Å². The van der Waals surface area contributed by atoms with E-state index in [0.717, 1.165) is 5.56 Å². The van der Waals surface area contributed by atoms with Crippen LogP contribution in [0.2, 0.25) is 5.02 Å². The first kappa shape index (κ1) is 11.2. The Balaban J connectivity index is 3.07. The molecule has 1 nitrogen and oxygen atoms in total. The Labute approximate surface area is 88.4 Å². The van der Waals surface area contributed by atoms with Gasteiger partial charge in [-0.1, -0.05) is 23.7 Å². The third-order valence-electron chi connectivity index (χ3n) is 2.15. The van der Waals surface area contributed by atoms with Crippen LogP contribution in [0.3, 0.4) is 0 Å². The quantitative estimate of drug-likeness (QED) is 0.767. The Bertz CT molecular complexity index is 347. The van der Waals surface area contributed by atoms with Crippen LogP contribution in [0.25, 0.3) is 0 Å². The minimum Gasteiger partial charge on any atom is -0.321 e. The fraction of sp³-hybridized carbons (Fsp3) is 0.273. The lowest BCUT2D eigenvalue weighted by Crippen LogP contribution is -2.32. The van der Waals surface area contributed by atoms with Crippen molar-refractivity contribution in [3.8, 4) is 0 Å². The predicted octanol–water partition coefficient (Wildman–Crippen LogP) is 3.23. The zero-order valence-electron chi connectivity index (χ0n) is 8.06. The molecule has 1 atom stereocenters. The molecule has 0 saturated carbocycles. The topological polar surface area (TPSA) is 26.0 Å². The number of hydrogen-bond acceptors (Lipinski definition) is 1. The van der Waals surface area contributed by atoms with Crippen molar-refractivity contribution in [2.24, 2.45) is 5.73 Å². The summed E-state index contributed by atoms with van der Waals surface area (Å²) >= 11 is 5.57. The largest absolute Gasteiger partial charge is 0.321 e. The third kappa shape index (κ3) is 2.34. The Kier molecular flexibility index (Phi) is 3.29. The lowest BCUT2D eigenvalue weighted by atomic mass is 9.90. The fourth-order valence-electron chi connectivity index (χ4n) is 1.27. The molecule has 0 heterocycles. The van der Waals surface area contributed by atoms with E-state index in [1.807, 2.05) is 6.92 Å². The van der Waals surface area contributed by atoms with Gasteiger partial charge in [-0.25, -0.2) is 4.39 Å². The van der Waals surface area contributed by atoms with E-state index in [9.17, 15) is 4.39 Å². The molecule has 1 rings (SSSR count). The molecule has 0 saturated heterocycles. The Hall–Kier alpha value is -0.860. The molecule has 0 unspecified atom stereocenters. The van der Waals surface area contributed by atoms with Crippen molar-refractivity contribution in [3.63, 3.8) is 0 Å². The lowest BCUT2D eigenvalue weighted by molar-refractivity contribution is 0.497. The lowest BCUT2D eigenvalue weighted by Gasteiger charge is -2.23. The van der Waals surface area contributed by atoms with Crippen LogP contribution >= 0.6 is 11.6 Å². The van der Waals surface area contributed by atoms with Gasteiger partial charge in [-0.3, -0.25) is 0 Å². The van der Waals surface area contributed by atoms with Crippen LogP contribution in [0.1, 0.15) is 18.9 Å². The summed E-state index contributed by atoms with van der Waals surface area (Å²) in [7, 11) is 0. The van der Waals surface area contributed by atoms with Crippen LogP contribution in [0.5, 0.6) is 0 Å². The molecule has 2 N–H and O–H groups in total. The van der Waals surface area contributed by atoms with Crippen LogP contribution in [0.4, 0.5) is 4.39 Å². The average Bonchev–Trinajstić information content (AvgIpc) is 2.09. The van der Waals surface area contributed by atoms with Crippen molar-refractivity contribution in [3.05, 3.63) is 47.3 Å². The molecule has 0 amide bonds. The van der Waals surface area contributed by atoms with Crippen LogP contribution in [0, 0.1) is 5.82 Å². The number of halogens is 2. The molecule has 76 valence electrons. The normalized spacial score (nSPS) is 14.9.